The summed E-state index contributed by atoms with van der Waals surface area (Å²) in [5.74, 6) is 0.0342. The second kappa shape index (κ2) is 12.4. The number of hydrogen-bond donors (Lipinski definition) is 1. The zero-order valence-corrected chi connectivity index (χ0v) is 22.4. The van der Waals surface area contributed by atoms with E-state index in [9.17, 15) is 9.59 Å². The van der Waals surface area contributed by atoms with Crippen molar-refractivity contribution >= 4 is 11.8 Å². The maximum Gasteiger partial charge on any atom is 0.243 e. The average molecular weight is 477 g/mol. The zero-order valence-electron chi connectivity index (χ0n) is 22.4. The van der Waals surface area contributed by atoms with E-state index >= 15 is 0 Å². The second-order valence-corrected chi connectivity index (χ2v) is 11.2. The van der Waals surface area contributed by atoms with Crippen molar-refractivity contribution in [2.75, 3.05) is 0 Å². The molecule has 4 heteroatoms. The Labute approximate surface area is 212 Å². The molecule has 3 rings (SSSR count). The van der Waals surface area contributed by atoms with Crippen LogP contribution in [-0.2, 0) is 28.0 Å². The molecule has 2 aromatic carbocycles. The number of nitrogens with zero attached hydrogens (tertiary/aromatic N) is 1. The summed E-state index contributed by atoms with van der Waals surface area (Å²) < 4.78 is 0. The normalized spacial score (nSPS) is 15.5. The molecule has 1 N–H and O–H groups in total. The lowest BCUT2D eigenvalue weighted by Crippen LogP contribution is -2.51. The first-order valence-electron chi connectivity index (χ1n) is 13.4. The molecule has 2 amide bonds. The molecule has 0 aliphatic heterocycles. The molecule has 0 saturated heterocycles. The van der Waals surface area contributed by atoms with E-state index in [4.69, 9.17) is 0 Å². The van der Waals surface area contributed by atoms with Gasteiger partial charge in [0.15, 0.2) is 0 Å². The van der Waals surface area contributed by atoms with E-state index in [2.05, 4.69) is 69.4 Å². The van der Waals surface area contributed by atoms with E-state index in [-0.39, 0.29) is 23.3 Å². The minimum Gasteiger partial charge on any atom is -0.352 e. The van der Waals surface area contributed by atoms with E-state index in [1.54, 1.807) is 0 Å². The van der Waals surface area contributed by atoms with Crippen LogP contribution in [0, 0.1) is 6.92 Å². The number of aryl methyl sites for hydroxylation is 2. The van der Waals surface area contributed by atoms with Crippen LogP contribution in [0.1, 0.15) is 94.9 Å². The fourth-order valence-electron chi connectivity index (χ4n) is 5.04. The Morgan fingerprint density at radius 2 is 1.69 bits per heavy atom. The van der Waals surface area contributed by atoms with Gasteiger partial charge in [-0.05, 0) is 54.7 Å². The summed E-state index contributed by atoms with van der Waals surface area (Å²) in [6.45, 7) is 11.1. The number of nitrogens with one attached hydrogen (secondary N) is 1. The third-order valence-electron chi connectivity index (χ3n) is 7.22. The summed E-state index contributed by atoms with van der Waals surface area (Å²) >= 11 is 0. The maximum atomic E-state index is 13.6. The lowest BCUT2D eigenvalue weighted by molar-refractivity contribution is -0.141. The van der Waals surface area contributed by atoms with Crippen molar-refractivity contribution in [3.05, 3.63) is 70.8 Å². The van der Waals surface area contributed by atoms with E-state index in [0.717, 1.165) is 29.5 Å². The number of amides is 2. The summed E-state index contributed by atoms with van der Waals surface area (Å²) in [6, 6.07) is 16.6. The Hall–Kier alpha value is -2.62. The first-order valence-corrected chi connectivity index (χ1v) is 13.4. The van der Waals surface area contributed by atoms with Gasteiger partial charge >= 0.3 is 0 Å². The Morgan fingerprint density at radius 3 is 2.29 bits per heavy atom. The molecular weight excluding hydrogens is 432 g/mol. The summed E-state index contributed by atoms with van der Waals surface area (Å²) in [5.41, 5.74) is 4.78. The summed E-state index contributed by atoms with van der Waals surface area (Å²) in [4.78, 5) is 28.7. The molecule has 4 nitrogen and oxygen atoms in total. The molecule has 35 heavy (non-hydrogen) atoms. The van der Waals surface area contributed by atoms with Crippen molar-refractivity contribution in [1.29, 1.82) is 0 Å². The third-order valence-corrected chi connectivity index (χ3v) is 7.22. The van der Waals surface area contributed by atoms with Gasteiger partial charge in [0.25, 0.3) is 0 Å². The highest BCUT2D eigenvalue weighted by atomic mass is 16.2. The number of benzene rings is 2. The lowest BCUT2D eigenvalue weighted by atomic mass is 9.86. The van der Waals surface area contributed by atoms with Gasteiger partial charge in [-0.3, -0.25) is 9.59 Å². The first kappa shape index (κ1) is 27.0. The molecule has 190 valence electrons. The van der Waals surface area contributed by atoms with Crippen molar-refractivity contribution in [2.24, 2.45) is 0 Å². The fraction of sp³-hybridized carbons (Fsp3) is 0.548. The van der Waals surface area contributed by atoms with Gasteiger partial charge in [0.05, 0.1) is 0 Å². The van der Waals surface area contributed by atoms with Crippen LogP contribution in [0.2, 0.25) is 0 Å². The summed E-state index contributed by atoms with van der Waals surface area (Å²) in [6.07, 6.45) is 7.34. The summed E-state index contributed by atoms with van der Waals surface area (Å²) in [7, 11) is 0. The number of carbonyl (C=O) groups is 2. The molecule has 0 bridgehead atoms. The molecule has 1 fully saturated rings. The molecular formula is C31H44N2O2. The van der Waals surface area contributed by atoms with Crippen molar-refractivity contribution in [3.63, 3.8) is 0 Å². The highest BCUT2D eigenvalue weighted by molar-refractivity contribution is 5.88. The van der Waals surface area contributed by atoms with Gasteiger partial charge in [-0.15, -0.1) is 0 Å². The third kappa shape index (κ3) is 7.95. The van der Waals surface area contributed by atoms with Gasteiger partial charge in [0.2, 0.25) is 11.8 Å². The molecule has 0 heterocycles. The molecule has 1 aliphatic carbocycles. The topological polar surface area (TPSA) is 49.4 Å². The minimum atomic E-state index is -0.451. The molecule has 0 spiro atoms. The van der Waals surface area contributed by atoms with Crippen LogP contribution in [0.15, 0.2) is 48.5 Å². The van der Waals surface area contributed by atoms with Gasteiger partial charge in [-0.25, -0.2) is 0 Å². The van der Waals surface area contributed by atoms with Crippen LogP contribution < -0.4 is 5.32 Å². The number of rotatable bonds is 9. The van der Waals surface area contributed by atoms with Gasteiger partial charge in [0.1, 0.15) is 6.04 Å². The van der Waals surface area contributed by atoms with E-state index in [1.807, 2.05) is 24.0 Å². The Bertz CT molecular complexity index is 968. The molecule has 0 aromatic heterocycles. The predicted octanol–water partition coefficient (Wildman–Crippen LogP) is 6.48. The second-order valence-electron chi connectivity index (χ2n) is 11.2. The Balaban J connectivity index is 1.74. The van der Waals surface area contributed by atoms with Crippen molar-refractivity contribution in [3.8, 4) is 0 Å². The Kier molecular flexibility index (Phi) is 9.54. The van der Waals surface area contributed by atoms with Crippen LogP contribution in [0.3, 0.4) is 0 Å². The largest absolute Gasteiger partial charge is 0.352 e. The molecule has 0 radical (unpaired) electrons. The van der Waals surface area contributed by atoms with Crippen LogP contribution in [0.25, 0.3) is 0 Å². The van der Waals surface area contributed by atoms with Gasteiger partial charge in [-0.2, -0.15) is 0 Å². The minimum absolute atomic E-state index is 0.00469. The van der Waals surface area contributed by atoms with E-state index in [1.165, 1.54) is 24.8 Å². The quantitative estimate of drug-likeness (QED) is 0.450. The molecule has 2 aromatic rings. The van der Waals surface area contributed by atoms with E-state index in [0.29, 0.717) is 25.8 Å². The van der Waals surface area contributed by atoms with Crippen LogP contribution in [-0.4, -0.2) is 28.8 Å². The van der Waals surface area contributed by atoms with Gasteiger partial charge < -0.3 is 10.2 Å². The van der Waals surface area contributed by atoms with Crippen LogP contribution in [0.5, 0.6) is 0 Å². The number of hydrogen-bond acceptors (Lipinski definition) is 2. The van der Waals surface area contributed by atoms with Crippen molar-refractivity contribution in [2.45, 2.75) is 110 Å². The molecule has 1 atom stereocenters. The van der Waals surface area contributed by atoms with E-state index < -0.39 is 6.04 Å². The van der Waals surface area contributed by atoms with Crippen molar-refractivity contribution < 1.29 is 9.59 Å². The summed E-state index contributed by atoms with van der Waals surface area (Å²) in [5, 5.41) is 3.26. The smallest absolute Gasteiger partial charge is 0.243 e. The monoisotopic (exact) mass is 476 g/mol. The van der Waals surface area contributed by atoms with Crippen LogP contribution in [0.4, 0.5) is 0 Å². The molecule has 0 unspecified atom stereocenters. The standard InChI is InChI=1S/C31H44N2O2/c1-6-28(30(35)32-27-13-8-7-9-14-27)33(22-25-12-10-11-23(2)21-25)29(34)20-17-24-15-18-26(19-16-24)31(3,4)5/h10-12,15-16,18-19,21,27-28H,6-9,13-14,17,20,22H2,1-5H3,(H,32,35)/t28-/m0/s1. The average Bonchev–Trinajstić information content (AvgIpc) is 2.83. The molecule has 1 aliphatic rings. The van der Waals surface area contributed by atoms with Crippen LogP contribution >= 0.6 is 0 Å². The first-order chi connectivity index (χ1) is 16.7. The van der Waals surface area contributed by atoms with Gasteiger partial charge in [-0.1, -0.05) is 101 Å². The maximum absolute atomic E-state index is 13.6. The lowest BCUT2D eigenvalue weighted by Gasteiger charge is -2.33. The highest BCUT2D eigenvalue weighted by Gasteiger charge is 2.30. The Morgan fingerprint density at radius 1 is 1.00 bits per heavy atom. The van der Waals surface area contributed by atoms with Gasteiger partial charge in [0, 0.05) is 19.0 Å². The fourth-order valence-corrected chi connectivity index (χ4v) is 5.04. The van der Waals surface area contributed by atoms with Crippen molar-refractivity contribution in [1.82, 2.24) is 10.2 Å². The molecule has 1 saturated carbocycles. The SMILES string of the molecule is CC[C@@H](C(=O)NC1CCCCC1)N(Cc1cccc(C)c1)C(=O)CCc1ccc(C(C)(C)C)cc1. The number of carbonyl (C=O) groups excluding carboxylic acids is 2. The predicted molar refractivity (Wildman–Crippen MR) is 144 cm³/mol. The zero-order chi connectivity index (χ0) is 25.4. The highest BCUT2D eigenvalue weighted by Crippen LogP contribution is 2.23.